The van der Waals surface area contributed by atoms with Gasteiger partial charge < -0.3 is 9.84 Å². The van der Waals surface area contributed by atoms with Crippen LogP contribution in [0.3, 0.4) is 0 Å². The topological polar surface area (TPSA) is 97.6 Å². The van der Waals surface area contributed by atoms with Gasteiger partial charge in [0.25, 0.3) is 5.69 Å². The van der Waals surface area contributed by atoms with E-state index in [1.165, 1.54) is 6.07 Å². The Bertz CT molecular complexity index is 639. The van der Waals surface area contributed by atoms with Crippen LogP contribution in [0.4, 0.5) is 11.4 Å². The molecule has 0 bridgehead atoms. The molecule has 0 aliphatic carbocycles. The molecule has 0 spiro atoms. The SMILES string of the molecule is Cc1ccc(CN(C)Cc2cccc([N+](=O)[O-])c2NN)o1. The first-order valence-electron chi connectivity index (χ1n) is 6.48. The predicted molar refractivity (Wildman–Crippen MR) is 79.5 cm³/mol. The van der Waals surface area contributed by atoms with Crippen LogP contribution in [0.15, 0.2) is 34.7 Å². The summed E-state index contributed by atoms with van der Waals surface area (Å²) >= 11 is 0. The number of nitrogens with one attached hydrogen (secondary N) is 1. The van der Waals surface area contributed by atoms with E-state index < -0.39 is 4.92 Å². The number of nitrogens with two attached hydrogens (primary N) is 1. The molecule has 0 aliphatic heterocycles. The molecule has 0 radical (unpaired) electrons. The third-order valence-electron chi connectivity index (χ3n) is 3.13. The van der Waals surface area contributed by atoms with Gasteiger partial charge in [-0.15, -0.1) is 0 Å². The van der Waals surface area contributed by atoms with Gasteiger partial charge in [-0.05, 0) is 31.7 Å². The number of aryl methyl sites for hydroxylation is 1. The van der Waals surface area contributed by atoms with Crippen molar-refractivity contribution in [2.45, 2.75) is 20.0 Å². The van der Waals surface area contributed by atoms with Crippen LogP contribution in [0, 0.1) is 17.0 Å². The minimum atomic E-state index is -0.450. The molecule has 0 fully saturated rings. The van der Waals surface area contributed by atoms with Gasteiger partial charge in [-0.1, -0.05) is 12.1 Å². The molecule has 0 saturated carbocycles. The molecule has 0 saturated heterocycles. The maximum atomic E-state index is 11.0. The number of nitro benzene ring substituents is 1. The second kappa shape index (κ2) is 6.38. The summed E-state index contributed by atoms with van der Waals surface area (Å²) in [5.74, 6) is 7.14. The van der Waals surface area contributed by atoms with Crippen LogP contribution < -0.4 is 11.3 Å². The minimum absolute atomic E-state index is 0.0303. The zero-order chi connectivity index (χ0) is 15.4. The highest BCUT2D eigenvalue weighted by Gasteiger charge is 2.17. The second-order valence-corrected chi connectivity index (χ2v) is 4.90. The Kier molecular flexibility index (Phi) is 4.56. The average molecular weight is 290 g/mol. The summed E-state index contributed by atoms with van der Waals surface area (Å²) in [4.78, 5) is 12.5. The van der Waals surface area contributed by atoms with E-state index >= 15 is 0 Å². The first-order chi connectivity index (χ1) is 10.0. The fraction of sp³-hybridized carbons (Fsp3) is 0.286. The van der Waals surface area contributed by atoms with E-state index in [1.807, 2.05) is 37.1 Å². The number of para-hydroxylation sites is 1. The van der Waals surface area contributed by atoms with Crippen LogP contribution in [0.25, 0.3) is 0 Å². The Morgan fingerprint density at radius 1 is 1.33 bits per heavy atom. The molecule has 1 aromatic heterocycles. The lowest BCUT2D eigenvalue weighted by atomic mass is 10.1. The maximum Gasteiger partial charge on any atom is 0.293 e. The minimum Gasteiger partial charge on any atom is -0.465 e. The lowest BCUT2D eigenvalue weighted by molar-refractivity contribution is -0.384. The highest BCUT2D eigenvalue weighted by molar-refractivity contribution is 5.65. The van der Waals surface area contributed by atoms with Gasteiger partial charge in [0.1, 0.15) is 17.2 Å². The summed E-state index contributed by atoms with van der Waals surface area (Å²) in [6.45, 7) is 3.02. The van der Waals surface area contributed by atoms with E-state index in [1.54, 1.807) is 6.07 Å². The quantitative estimate of drug-likeness (QED) is 0.481. The number of nitrogens with zero attached hydrogens (tertiary/aromatic N) is 2. The van der Waals surface area contributed by atoms with Crippen molar-refractivity contribution < 1.29 is 9.34 Å². The van der Waals surface area contributed by atoms with Crippen molar-refractivity contribution in [1.82, 2.24) is 4.90 Å². The van der Waals surface area contributed by atoms with E-state index in [9.17, 15) is 10.1 Å². The Balaban J connectivity index is 2.15. The van der Waals surface area contributed by atoms with Gasteiger partial charge in [-0.3, -0.25) is 20.9 Å². The highest BCUT2D eigenvalue weighted by atomic mass is 16.6. The largest absolute Gasteiger partial charge is 0.465 e. The van der Waals surface area contributed by atoms with Gasteiger partial charge in [0.05, 0.1) is 11.5 Å². The van der Waals surface area contributed by atoms with Crippen LogP contribution in [0.2, 0.25) is 0 Å². The van der Waals surface area contributed by atoms with Gasteiger partial charge >= 0.3 is 0 Å². The molecule has 0 aliphatic rings. The smallest absolute Gasteiger partial charge is 0.293 e. The molecule has 0 unspecified atom stereocenters. The van der Waals surface area contributed by atoms with Crippen molar-refractivity contribution in [3.05, 3.63) is 57.5 Å². The molecule has 7 heteroatoms. The maximum absolute atomic E-state index is 11.0. The van der Waals surface area contributed by atoms with Crippen LogP contribution in [0.1, 0.15) is 17.1 Å². The van der Waals surface area contributed by atoms with Crippen LogP contribution >= 0.6 is 0 Å². The number of hydrogen-bond acceptors (Lipinski definition) is 6. The lowest BCUT2D eigenvalue weighted by Crippen LogP contribution is -2.19. The Labute approximate surface area is 122 Å². The molecule has 0 atom stereocenters. The number of furan rings is 1. The van der Waals surface area contributed by atoms with Crippen LogP contribution in [-0.2, 0) is 13.1 Å². The zero-order valence-electron chi connectivity index (χ0n) is 12.0. The third-order valence-corrected chi connectivity index (χ3v) is 3.13. The number of nitrogen functional groups attached to an aromatic ring is 1. The van der Waals surface area contributed by atoms with Crippen molar-refractivity contribution in [1.29, 1.82) is 0 Å². The summed E-state index contributed by atoms with van der Waals surface area (Å²) in [5, 5.41) is 11.0. The Hall–Kier alpha value is -2.38. The van der Waals surface area contributed by atoms with Crippen molar-refractivity contribution >= 4 is 11.4 Å². The van der Waals surface area contributed by atoms with E-state index in [-0.39, 0.29) is 5.69 Å². The average Bonchev–Trinajstić information content (AvgIpc) is 2.83. The van der Waals surface area contributed by atoms with E-state index in [2.05, 4.69) is 5.43 Å². The molecule has 2 rings (SSSR count). The molecule has 112 valence electrons. The van der Waals surface area contributed by atoms with Gasteiger partial charge in [0, 0.05) is 12.6 Å². The fourth-order valence-electron chi connectivity index (χ4n) is 2.22. The van der Waals surface area contributed by atoms with E-state index in [4.69, 9.17) is 10.3 Å². The zero-order valence-corrected chi connectivity index (χ0v) is 12.0. The first kappa shape index (κ1) is 15.0. The van der Waals surface area contributed by atoms with Crippen molar-refractivity contribution in [2.75, 3.05) is 12.5 Å². The molecule has 1 heterocycles. The van der Waals surface area contributed by atoms with E-state index in [0.717, 1.165) is 17.1 Å². The standard InChI is InChI=1S/C14H18N4O3/c1-10-6-7-12(21-10)9-17(2)8-11-4-3-5-13(18(19)20)14(11)16-15/h3-7,16H,8-9,15H2,1-2H3. The number of benzene rings is 1. The van der Waals surface area contributed by atoms with Crippen molar-refractivity contribution in [2.24, 2.45) is 5.84 Å². The van der Waals surface area contributed by atoms with Crippen LogP contribution in [0.5, 0.6) is 0 Å². The molecule has 0 amide bonds. The summed E-state index contributed by atoms with van der Waals surface area (Å²) < 4.78 is 5.52. The summed E-state index contributed by atoms with van der Waals surface area (Å²) in [5.41, 5.74) is 3.50. The molecule has 1 aromatic carbocycles. The molecular formula is C14H18N4O3. The molecule has 7 nitrogen and oxygen atoms in total. The molecular weight excluding hydrogens is 272 g/mol. The van der Waals surface area contributed by atoms with Gasteiger partial charge in [-0.25, -0.2) is 0 Å². The highest BCUT2D eigenvalue weighted by Crippen LogP contribution is 2.28. The molecule has 2 aromatic rings. The number of hydrazine groups is 1. The molecule has 3 N–H and O–H groups in total. The summed E-state index contributed by atoms with van der Waals surface area (Å²) in [7, 11) is 1.91. The summed E-state index contributed by atoms with van der Waals surface area (Å²) in [6, 6.07) is 8.71. The predicted octanol–water partition coefficient (Wildman–Crippen LogP) is 2.41. The van der Waals surface area contributed by atoms with Crippen molar-refractivity contribution in [3.8, 4) is 0 Å². The Morgan fingerprint density at radius 3 is 2.67 bits per heavy atom. The number of rotatable bonds is 6. The lowest BCUT2D eigenvalue weighted by Gasteiger charge is -2.17. The van der Waals surface area contributed by atoms with E-state index in [0.29, 0.717) is 18.8 Å². The fourth-order valence-corrected chi connectivity index (χ4v) is 2.22. The second-order valence-electron chi connectivity index (χ2n) is 4.90. The van der Waals surface area contributed by atoms with Gasteiger partial charge in [0.15, 0.2) is 0 Å². The normalized spacial score (nSPS) is 10.9. The van der Waals surface area contributed by atoms with Gasteiger partial charge in [-0.2, -0.15) is 0 Å². The first-order valence-corrected chi connectivity index (χ1v) is 6.48. The third kappa shape index (κ3) is 3.59. The summed E-state index contributed by atoms with van der Waals surface area (Å²) in [6.07, 6.45) is 0. The Morgan fingerprint density at radius 2 is 2.10 bits per heavy atom. The monoisotopic (exact) mass is 290 g/mol. The van der Waals surface area contributed by atoms with Gasteiger partial charge in [0.2, 0.25) is 0 Å². The number of nitro groups is 1. The number of anilines is 1. The van der Waals surface area contributed by atoms with Crippen molar-refractivity contribution in [3.63, 3.8) is 0 Å². The molecule has 21 heavy (non-hydrogen) atoms. The van der Waals surface area contributed by atoms with Crippen LogP contribution in [-0.4, -0.2) is 16.9 Å². The number of hydrogen-bond donors (Lipinski definition) is 2.